The molecule has 1 heterocycles. The molecule has 0 radical (unpaired) electrons. The number of halogens is 3. The number of pyridine rings is 1. The van der Waals surface area contributed by atoms with Crippen molar-refractivity contribution in [3.05, 3.63) is 83.3 Å². The largest absolute Gasteiger partial charge is 0.487 e. The number of hydrogen-bond donors (Lipinski definition) is 1. The molecular weight excluding hydrogens is 407 g/mol. The summed E-state index contributed by atoms with van der Waals surface area (Å²) in [5.74, 6) is -1.79. The molecule has 1 aromatic heterocycles. The second kappa shape index (κ2) is 9.88. The maximum Gasteiger partial charge on any atom is 0.312 e. The van der Waals surface area contributed by atoms with Crippen LogP contribution < -0.4 is 4.74 Å². The lowest BCUT2D eigenvalue weighted by Gasteiger charge is -2.13. The Morgan fingerprint density at radius 3 is 2.55 bits per heavy atom. The maximum absolute atomic E-state index is 14.3. The highest BCUT2D eigenvalue weighted by atomic mass is 19.3. The van der Waals surface area contributed by atoms with E-state index in [1.165, 1.54) is 25.4 Å². The molecule has 31 heavy (non-hydrogen) atoms. The lowest BCUT2D eigenvalue weighted by atomic mass is 10.1. The monoisotopic (exact) mass is 427 g/mol. The van der Waals surface area contributed by atoms with E-state index in [1.807, 2.05) is 31.2 Å². The summed E-state index contributed by atoms with van der Waals surface area (Å²) in [6.45, 7) is 2.28. The lowest BCUT2D eigenvalue weighted by Crippen LogP contribution is -2.19. The number of rotatable bonds is 6. The molecule has 0 saturated heterocycles. The first-order valence-electron chi connectivity index (χ1n) is 9.33. The zero-order valence-electron chi connectivity index (χ0n) is 16.9. The number of aliphatic imine (C=N–C) groups is 1. The standard InChI is InChI=1S/C23H20F3N3O2/c1-14-5-7-15(8-6-14)13-30-19-4-3-9-29-20(19)16-10-17(12-18(24)11-16)23(28-2)31-22(27)21(25)26/h3-12,21,27H,13H2,1-2H3/b27-22?,28-23-. The van der Waals surface area contributed by atoms with E-state index in [0.717, 1.165) is 17.2 Å². The lowest BCUT2D eigenvalue weighted by molar-refractivity contribution is 0.198. The van der Waals surface area contributed by atoms with Gasteiger partial charge in [-0.05, 0) is 42.8 Å². The van der Waals surface area contributed by atoms with Crippen molar-refractivity contribution in [2.45, 2.75) is 20.0 Å². The Balaban J connectivity index is 1.90. The highest BCUT2D eigenvalue weighted by molar-refractivity contribution is 6.02. The van der Waals surface area contributed by atoms with Crippen LogP contribution in [0.4, 0.5) is 13.2 Å². The number of aryl methyl sites for hydroxylation is 1. The molecule has 0 unspecified atom stereocenters. The fourth-order valence-electron chi connectivity index (χ4n) is 2.80. The summed E-state index contributed by atoms with van der Waals surface area (Å²) >= 11 is 0. The molecular formula is C23H20F3N3O2. The van der Waals surface area contributed by atoms with Crippen molar-refractivity contribution in [3.63, 3.8) is 0 Å². The van der Waals surface area contributed by atoms with Gasteiger partial charge in [0.05, 0.1) is 0 Å². The Bertz CT molecular complexity index is 1100. The molecule has 0 amide bonds. The molecule has 0 aliphatic carbocycles. The van der Waals surface area contributed by atoms with Gasteiger partial charge >= 0.3 is 6.43 Å². The molecule has 0 aliphatic heterocycles. The number of hydrogen-bond acceptors (Lipinski definition) is 5. The van der Waals surface area contributed by atoms with Crippen molar-refractivity contribution in [2.75, 3.05) is 7.05 Å². The van der Waals surface area contributed by atoms with Crippen molar-refractivity contribution in [3.8, 4) is 17.0 Å². The van der Waals surface area contributed by atoms with E-state index in [4.69, 9.17) is 14.9 Å². The van der Waals surface area contributed by atoms with Crippen molar-refractivity contribution in [2.24, 2.45) is 4.99 Å². The second-order valence-electron chi connectivity index (χ2n) is 6.65. The fourth-order valence-corrected chi connectivity index (χ4v) is 2.80. The number of benzene rings is 2. The van der Waals surface area contributed by atoms with Crippen LogP contribution in [-0.2, 0) is 11.3 Å². The van der Waals surface area contributed by atoms with Crippen molar-refractivity contribution in [1.82, 2.24) is 4.98 Å². The highest BCUT2D eigenvalue weighted by Gasteiger charge is 2.19. The van der Waals surface area contributed by atoms with Gasteiger partial charge in [0.1, 0.15) is 23.9 Å². The summed E-state index contributed by atoms with van der Waals surface area (Å²) in [6.07, 6.45) is -1.57. The minimum absolute atomic E-state index is 0.0954. The number of ether oxygens (including phenoxy) is 2. The predicted molar refractivity (Wildman–Crippen MR) is 112 cm³/mol. The Labute approximate surface area is 177 Å². The highest BCUT2D eigenvalue weighted by Crippen LogP contribution is 2.30. The predicted octanol–water partition coefficient (Wildman–Crippen LogP) is 5.41. The molecule has 3 rings (SSSR count). The Morgan fingerprint density at radius 1 is 1.13 bits per heavy atom. The normalized spacial score (nSPS) is 11.5. The van der Waals surface area contributed by atoms with Crippen LogP contribution in [0.3, 0.4) is 0 Å². The summed E-state index contributed by atoms with van der Waals surface area (Å²) in [7, 11) is 1.30. The third-order valence-corrected chi connectivity index (χ3v) is 4.31. The zero-order chi connectivity index (χ0) is 22.4. The summed E-state index contributed by atoms with van der Waals surface area (Å²) in [5.41, 5.74) is 2.91. The van der Waals surface area contributed by atoms with Gasteiger partial charge in [-0.3, -0.25) is 15.4 Å². The zero-order valence-corrected chi connectivity index (χ0v) is 16.9. The van der Waals surface area contributed by atoms with E-state index in [0.29, 0.717) is 17.0 Å². The number of nitrogens with one attached hydrogen (secondary N) is 1. The van der Waals surface area contributed by atoms with Gasteiger partial charge in [-0.15, -0.1) is 0 Å². The van der Waals surface area contributed by atoms with Crippen LogP contribution in [0.5, 0.6) is 5.75 Å². The van der Waals surface area contributed by atoms with Gasteiger partial charge in [0.15, 0.2) is 0 Å². The first-order valence-corrected chi connectivity index (χ1v) is 9.33. The van der Waals surface area contributed by atoms with E-state index < -0.39 is 18.1 Å². The Hall–Kier alpha value is -3.68. The van der Waals surface area contributed by atoms with Crippen molar-refractivity contribution >= 4 is 11.8 Å². The maximum atomic E-state index is 14.3. The van der Waals surface area contributed by atoms with E-state index >= 15 is 0 Å². The summed E-state index contributed by atoms with van der Waals surface area (Å²) < 4.78 is 50.4. The van der Waals surface area contributed by atoms with Gasteiger partial charge in [-0.1, -0.05) is 29.8 Å². The van der Waals surface area contributed by atoms with Crippen LogP contribution >= 0.6 is 0 Å². The average Bonchev–Trinajstić information content (AvgIpc) is 2.76. The van der Waals surface area contributed by atoms with Gasteiger partial charge < -0.3 is 9.47 Å². The summed E-state index contributed by atoms with van der Waals surface area (Å²) in [5, 5.41) is 7.20. The van der Waals surface area contributed by atoms with Crippen LogP contribution in [0.25, 0.3) is 11.3 Å². The van der Waals surface area contributed by atoms with E-state index in [1.54, 1.807) is 12.1 Å². The third-order valence-electron chi connectivity index (χ3n) is 4.31. The second-order valence-corrected chi connectivity index (χ2v) is 6.65. The Kier molecular flexibility index (Phi) is 7.02. The van der Waals surface area contributed by atoms with Crippen molar-refractivity contribution < 1.29 is 22.6 Å². The molecule has 2 aromatic carbocycles. The van der Waals surface area contributed by atoms with E-state index in [-0.39, 0.29) is 18.1 Å². The van der Waals surface area contributed by atoms with Gasteiger partial charge in [0, 0.05) is 24.4 Å². The molecule has 0 bridgehead atoms. The molecule has 3 aromatic rings. The van der Waals surface area contributed by atoms with Crippen LogP contribution in [0.2, 0.25) is 0 Å². The van der Waals surface area contributed by atoms with Crippen LogP contribution in [-0.4, -0.2) is 30.3 Å². The van der Waals surface area contributed by atoms with E-state index in [9.17, 15) is 13.2 Å². The van der Waals surface area contributed by atoms with Gasteiger partial charge in [0.25, 0.3) is 5.90 Å². The molecule has 0 atom stereocenters. The number of nitrogens with zero attached hydrogens (tertiary/aromatic N) is 2. The minimum atomic E-state index is -3.11. The third kappa shape index (κ3) is 5.69. The Morgan fingerprint density at radius 2 is 1.87 bits per heavy atom. The SMILES string of the molecule is C/N=C(\OC(=N)C(F)F)c1cc(F)cc(-c2ncccc2OCc2ccc(C)cc2)c1. The quantitative estimate of drug-likeness (QED) is 0.422. The van der Waals surface area contributed by atoms with Gasteiger partial charge in [-0.25, -0.2) is 4.39 Å². The molecule has 0 saturated carbocycles. The van der Waals surface area contributed by atoms with Crippen LogP contribution in [0.15, 0.2) is 65.8 Å². The number of aromatic nitrogens is 1. The molecule has 8 heteroatoms. The molecule has 5 nitrogen and oxygen atoms in total. The summed E-state index contributed by atoms with van der Waals surface area (Å²) in [6, 6.07) is 15.1. The van der Waals surface area contributed by atoms with Gasteiger partial charge in [-0.2, -0.15) is 8.78 Å². The fraction of sp³-hybridized carbons (Fsp3) is 0.174. The van der Waals surface area contributed by atoms with Gasteiger partial charge in [0.2, 0.25) is 5.90 Å². The molecule has 0 spiro atoms. The smallest absolute Gasteiger partial charge is 0.312 e. The molecule has 0 aliphatic rings. The molecule has 1 N–H and O–H groups in total. The average molecular weight is 427 g/mol. The first-order chi connectivity index (χ1) is 14.9. The number of alkyl halides is 2. The van der Waals surface area contributed by atoms with Crippen LogP contribution in [0.1, 0.15) is 16.7 Å². The molecule has 0 fully saturated rings. The summed E-state index contributed by atoms with van der Waals surface area (Å²) in [4.78, 5) is 8.06. The van der Waals surface area contributed by atoms with Crippen molar-refractivity contribution in [1.29, 1.82) is 5.41 Å². The van der Waals surface area contributed by atoms with Crippen LogP contribution in [0, 0.1) is 18.2 Å². The first kappa shape index (κ1) is 22.0. The topological polar surface area (TPSA) is 67.6 Å². The van der Waals surface area contributed by atoms with E-state index in [2.05, 4.69) is 9.98 Å². The minimum Gasteiger partial charge on any atom is -0.487 e. The molecule has 160 valence electrons.